The van der Waals surface area contributed by atoms with Crippen LogP contribution in [-0.2, 0) is 4.79 Å². The number of nitrogens with two attached hydrogens (primary N) is 1. The second-order valence-corrected chi connectivity index (χ2v) is 9.87. The van der Waals surface area contributed by atoms with Gasteiger partial charge in [0.15, 0.2) is 0 Å². The fourth-order valence-electron chi connectivity index (χ4n) is 5.69. The first-order valence-electron chi connectivity index (χ1n) is 11.3. The van der Waals surface area contributed by atoms with Crippen molar-refractivity contribution < 1.29 is 18.4 Å². The lowest BCUT2D eigenvalue weighted by Crippen LogP contribution is -2.54. The van der Waals surface area contributed by atoms with Crippen LogP contribution < -0.4 is 5.73 Å². The summed E-state index contributed by atoms with van der Waals surface area (Å²) in [5, 5.41) is 0. The molecule has 8 heteroatoms. The SMILES string of the molecule is CC(C)CC[C@]1(C(=O)N2CCC(F)(F)CC2)C[C@H]2CC[C@@H]1N2C(=O)c1cc(N)ccn1. The van der Waals surface area contributed by atoms with Gasteiger partial charge in [-0.15, -0.1) is 0 Å². The van der Waals surface area contributed by atoms with E-state index in [0.717, 1.165) is 19.3 Å². The Hall–Kier alpha value is -2.25. The standard InChI is InChI=1S/C23H32F2N4O2/c1-15(2)5-7-22(21(31)28-11-8-23(24,25)9-12-28)14-17-3-4-19(22)29(17)20(30)18-13-16(26)6-10-27-18/h6,10,13,15,17,19H,3-5,7-9,11-12,14H2,1-2H3,(H2,26,27)/t17-,19+,22+/m1/s1. The molecule has 0 unspecified atom stereocenters. The molecular weight excluding hydrogens is 402 g/mol. The summed E-state index contributed by atoms with van der Waals surface area (Å²) in [5.41, 5.74) is 5.92. The summed E-state index contributed by atoms with van der Waals surface area (Å²) in [4.78, 5) is 34.8. The number of nitrogens with zero attached hydrogens (tertiary/aromatic N) is 3. The lowest BCUT2D eigenvalue weighted by molar-refractivity contribution is -0.150. The molecule has 4 rings (SSSR count). The number of halogens is 2. The van der Waals surface area contributed by atoms with Gasteiger partial charge in [0.1, 0.15) is 5.69 Å². The van der Waals surface area contributed by atoms with Gasteiger partial charge in [-0.05, 0) is 50.2 Å². The third-order valence-electron chi connectivity index (χ3n) is 7.35. The van der Waals surface area contributed by atoms with Crippen molar-refractivity contribution in [2.24, 2.45) is 11.3 Å². The van der Waals surface area contributed by atoms with Crippen LogP contribution in [0.4, 0.5) is 14.5 Å². The number of amides is 2. The van der Waals surface area contributed by atoms with E-state index in [-0.39, 0.29) is 49.8 Å². The van der Waals surface area contributed by atoms with E-state index in [1.807, 2.05) is 4.90 Å². The molecule has 0 radical (unpaired) electrons. The molecule has 0 saturated carbocycles. The third kappa shape index (κ3) is 4.01. The summed E-state index contributed by atoms with van der Waals surface area (Å²) < 4.78 is 27.4. The molecular formula is C23H32F2N4O2. The van der Waals surface area contributed by atoms with Gasteiger partial charge in [0.2, 0.25) is 5.91 Å². The number of likely N-dealkylation sites (tertiary alicyclic amines) is 1. The van der Waals surface area contributed by atoms with Gasteiger partial charge < -0.3 is 15.5 Å². The molecule has 3 saturated heterocycles. The molecule has 2 bridgehead atoms. The summed E-state index contributed by atoms with van der Waals surface area (Å²) >= 11 is 0. The number of fused-ring (bicyclic) bond motifs is 2. The maximum absolute atomic E-state index is 13.8. The predicted molar refractivity (Wildman–Crippen MR) is 114 cm³/mol. The summed E-state index contributed by atoms with van der Waals surface area (Å²) in [6, 6.07) is 2.97. The van der Waals surface area contributed by atoms with Crippen molar-refractivity contribution in [1.82, 2.24) is 14.8 Å². The van der Waals surface area contributed by atoms with Crippen molar-refractivity contribution in [3.05, 3.63) is 24.0 Å². The lowest BCUT2D eigenvalue weighted by atomic mass is 9.68. The molecule has 4 heterocycles. The van der Waals surface area contributed by atoms with Crippen molar-refractivity contribution in [2.45, 2.75) is 76.8 Å². The fraction of sp³-hybridized carbons (Fsp3) is 0.696. The third-order valence-corrected chi connectivity index (χ3v) is 7.35. The monoisotopic (exact) mass is 434 g/mol. The zero-order valence-corrected chi connectivity index (χ0v) is 18.3. The zero-order chi connectivity index (χ0) is 22.4. The molecule has 31 heavy (non-hydrogen) atoms. The Balaban J connectivity index is 1.62. The molecule has 2 amide bonds. The maximum atomic E-state index is 13.8. The Morgan fingerprint density at radius 3 is 2.61 bits per heavy atom. The first-order valence-corrected chi connectivity index (χ1v) is 11.3. The Morgan fingerprint density at radius 1 is 1.26 bits per heavy atom. The van der Waals surface area contributed by atoms with Gasteiger partial charge in [0, 0.05) is 49.9 Å². The van der Waals surface area contributed by atoms with Crippen LogP contribution in [0.3, 0.4) is 0 Å². The fourth-order valence-corrected chi connectivity index (χ4v) is 5.69. The topological polar surface area (TPSA) is 79.5 Å². The number of pyridine rings is 1. The number of carbonyl (C=O) groups excluding carboxylic acids is 2. The predicted octanol–water partition coefficient (Wildman–Crippen LogP) is 3.72. The molecule has 3 fully saturated rings. The second-order valence-electron chi connectivity index (χ2n) is 9.87. The number of hydrogen-bond acceptors (Lipinski definition) is 4. The molecule has 6 nitrogen and oxygen atoms in total. The van der Waals surface area contributed by atoms with E-state index in [9.17, 15) is 18.4 Å². The average molecular weight is 435 g/mol. The zero-order valence-electron chi connectivity index (χ0n) is 18.3. The maximum Gasteiger partial charge on any atom is 0.273 e. The minimum absolute atomic E-state index is 0.0249. The molecule has 1 aromatic heterocycles. The molecule has 170 valence electrons. The first-order chi connectivity index (χ1) is 14.6. The molecule has 1 aromatic rings. The molecule has 0 spiro atoms. The summed E-state index contributed by atoms with van der Waals surface area (Å²) in [7, 11) is 0. The number of nitrogen functional groups attached to an aromatic ring is 1. The average Bonchev–Trinajstić information content (AvgIpc) is 3.27. The highest BCUT2D eigenvalue weighted by molar-refractivity contribution is 5.95. The van der Waals surface area contributed by atoms with E-state index in [1.165, 1.54) is 6.20 Å². The van der Waals surface area contributed by atoms with Gasteiger partial charge in [-0.1, -0.05) is 13.8 Å². The lowest BCUT2D eigenvalue weighted by Gasteiger charge is -2.42. The Morgan fingerprint density at radius 2 is 1.97 bits per heavy atom. The highest BCUT2D eigenvalue weighted by Crippen LogP contribution is 2.54. The van der Waals surface area contributed by atoms with Gasteiger partial charge in [-0.3, -0.25) is 14.6 Å². The van der Waals surface area contributed by atoms with Crippen LogP contribution in [0.1, 0.15) is 69.3 Å². The highest BCUT2D eigenvalue weighted by atomic mass is 19.3. The van der Waals surface area contributed by atoms with E-state index in [1.54, 1.807) is 17.0 Å². The van der Waals surface area contributed by atoms with Gasteiger partial charge in [-0.2, -0.15) is 0 Å². The summed E-state index contributed by atoms with van der Waals surface area (Å²) in [6.45, 7) is 4.40. The van der Waals surface area contributed by atoms with E-state index in [0.29, 0.717) is 30.1 Å². The van der Waals surface area contributed by atoms with Gasteiger partial charge in [0.05, 0.1) is 5.41 Å². The van der Waals surface area contributed by atoms with Crippen molar-refractivity contribution in [1.29, 1.82) is 0 Å². The summed E-state index contributed by atoms with van der Waals surface area (Å²) in [6.07, 6.45) is 4.69. The number of carbonyl (C=O) groups is 2. The molecule has 3 aliphatic rings. The molecule has 3 atom stereocenters. The minimum atomic E-state index is -2.70. The van der Waals surface area contributed by atoms with E-state index >= 15 is 0 Å². The van der Waals surface area contributed by atoms with Crippen LogP contribution >= 0.6 is 0 Å². The number of aromatic nitrogens is 1. The Bertz CT molecular complexity index is 852. The largest absolute Gasteiger partial charge is 0.399 e. The van der Waals surface area contributed by atoms with Gasteiger partial charge >= 0.3 is 0 Å². The van der Waals surface area contributed by atoms with Gasteiger partial charge in [-0.25, -0.2) is 8.78 Å². The molecule has 2 N–H and O–H groups in total. The van der Waals surface area contributed by atoms with Crippen LogP contribution in [0.25, 0.3) is 0 Å². The second kappa shape index (κ2) is 8.02. The minimum Gasteiger partial charge on any atom is -0.399 e. The number of rotatable bonds is 5. The highest BCUT2D eigenvalue weighted by Gasteiger charge is 2.62. The van der Waals surface area contributed by atoms with Crippen LogP contribution in [0, 0.1) is 11.3 Å². The Kier molecular flexibility index (Phi) is 5.68. The quantitative estimate of drug-likeness (QED) is 0.766. The van der Waals surface area contributed by atoms with E-state index < -0.39 is 11.3 Å². The van der Waals surface area contributed by atoms with Crippen LogP contribution in [0.5, 0.6) is 0 Å². The normalized spacial score (nSPS) is 29.6. The van der Waals surface area contributed by atoms with Crippen LogP contribution in [0.2, 0.25) is 0 Å². The van der Waals surface area contributed by atoms with Crippen molar-refractivity contribution >= 4 is 17.5 Å². The molecule has 0 aromatic carbocycles. The smallest absolute Gasteiger partial charge is 0.273 e. The van der Waals surface area contributed by atoms with Gasteiger partial charge in [0.25, 0.3) is 11.8 Å². The van der Waals surface area contributed by atoms with E-state index in [2.05, 4.69) is 18.8 Å². The molecule has 3 aliphatic heterocycles. The number of hydrogen-bond donors (Lipinski definition) is 1. The first kappa shape index (κ1) is 22.0. The van der Waals surface area contributed by atoms with Crippen molar-refractivity contribution in [3.63, 3.8) is 0 Å². The van der Waals surface area contributed by atoms with Crippen molar-refractivity contribution in [2.75, 3.05) is 18.8 Å². The van der Waals surface area contributed by atoms with Crippen molar-refractivity contribution in [3.8, 4) is 0 Å². The number of piperidine rings is 1. The summed E-state index contributed by atoms with van der Waals surface area (Å²) in [5.74, 6) is -2.52. The van der Waals surface area contributed by atoms with E-state index in [4.69, 9.17) is 5.73 Å². The van der Waals surface area contributed by atoms with Crippen LogP contribution in [-0.4, -0.2) is 57.7 Å². The molecule has 0 aliphatic carbocycles. The van der Waals surface area contributed by atoms with Crippen LogP contribution in [0.15, 0.2) is 18.3 Å². The number of alkyl halides is 2. The Labute approximate surface area is 182 Å². The number of anilines is 1.